The molecule has 0 bridgehead atoms. The Balaban J connectivity index is 2.17. The molecule has 0 fully saturated rings. The maximum atomic E-state index is 12.9. The van der Waals surface area contributed by atoms with Crippen molar-refractivity contribution in [3.63, 3.8) is 0 Å². The monoisotopic (exact) mass is 320 g/mol. The minimum absolute atomic E-state index is 0.141. The average Bonchev–Trinajstić information content (AvgIpc) is 2.51. The van der Waals surface area contributed by atoms with Crippen LogP contribution in [0.4, 0.5) is 15.8 Å². The van der Waals surface area contributed by atoms with E-state index in [1.165, 1.54) is 24.3 Å². The number of amides is 2. The highest BCUT2D eigenvalue weighted by Gasteiger charge is 2.10. The quantitative estimate of drug-likeness (QED) is 0.891. The van der Waals surface area contributed by atoms with Gasteiger partial charge in [0.15, 0.2) is 0 Å². The van der Waals surface area contributed by atoms with Gasteiger partial charge in [0.2, 0.25) is 5.91 Å². The lowest BCUT2D eigenvalue weighted by atomic mass is 10.2. The third-order valence-electron chi connectivity index (χ3n) is 2.93. The summed E-state index contributed by atoms with van der Waals surface area (Å²) in [6.45, 7) is 1.74. The predicted octanol–water partition coefficient (Wildman–Crippen LogP) is 4.08. The van der Waals surface area contributed by atoms with E-state index in [9.17, 15) is 14.0 Å². The van der Waals surface area contributed by atoms with E-state index >= 15 is 0 Å². The number of anilines is 2. The van der Waals surface area contributed by atoms with E-state index in [-0.39, 0.29) is 5.91 Å². The SMILES string of the molecule is CCC(=O)Nc1ccc(Cl)c(NC(=O)c2ccc(F)cc2)c1. The molecule has 6 heteroatoms. The molecule has 0 heterocycles. The van der Waals surface area contributed by atoms with Crippen LogP contribution >= 0.6 is 11.6 Å². The molecule has 2 rings (SSSR count). The van der Waals surface area contributed by atoms with Crippen LogP contribution in [0, 0.1) is 5.82 Å². The molecule has 0 saturated heterocycles. The van der Waals surface area contributed by atoms with E-state index in [1.54, 1.807) is 25.1 Å². The van der Waals surface area contributed by atoms with Crippen LogP contribution in [0.5, 0.6) is 0 Å². The molecule has 0 unspecified atom stereocenters. The standard InChI is InChI=1S/C16H14ClFN2O2/c1-2-15(21)19-12-7-8-13(17)14(9-12)20-16(22)10-3-5-11(18)6-4-10/h3-9H,2H2,1H3,(H,19,21)(H,20,22). The van der Waals surface area contributed by atoms with Crippen molar-refractivity contribution in [1.82, 2.24) is 0 Å². The molecule has 0 aliphatic carbocycles. The molecule has 0 spiro atoms. The van der Waals surface area contributed by atoms with Crippen LogP contribution in [-0.2, 0) is 4.79 Å². The van der Waals surface area contributed by atoms with Crippen LogP contribution in [0.1, 0.15) is 23.7 Å². The van der Waals surface area contributed by atoms with Crippen molar-refractivity contribution < 1.29 is 14.0 Å². The average molecular weight is 321 g/mol. The van der Waals surface area contributed by atoms with Gasteiger partial charge in [-0.15, -0.1) is 0 Å². The van der Waals surface area contributed by atoms with Gasteiger partial charge < -0.3 is 10.6 Å². The zero-order valence-electron chi connectivity index (χ0n) is 11.8. The Bertz CT molecular complexity index is 702. The molecule has 0 atom stereocenters. The van der Waals surface area contributed by atoms with Crippen LogP contribution in [0.15, 0.2) is 42.5 Å². The van der Waals surface area contributed by atoms with Gasteiger partial charge in [0.25, 0.3) is 5.91 Å². The summed E-state index contributed by atoms with van der Waals surface area (Å²) < 4.78 is 12.9. The Morgan fingerprint density at radius 3 is 2.41 bits per heavy atom. The smallest absolute Gasteiger partial charge is 0.255 e. The highest BCUT2D eigenvalue weighted by atomic mass is 35.5. The summed E-state index contributed by atoms with van der Waals surface area (Å²) in [5.41, 5.74) is 1.20. The highest BCUT2D eigenvalue weighted by Crippen LogP contribution is 2.26. The lowest BCUT2D eigenvalue weighted by molar-refractivity contribution is -0.115. The van der Waals surface area contributed by atoms with Crippen molar-refractivity contribution in [2.45, 2.75) is 13.3 Å². The predicted molar refractivity (Wildman–Crippen MR) is 84.7 cm³/mol. The van der Waals surface area contributed by atoms with E-state index in [1.807, 2.05) is 0 Å². The summed E-state index contributed by atoms with van der Waals surface area (Å²) in [5.74, 6) is -0.974. The van der Waals surface area contributed by atoms with Crippen molar-refractivity contribution in [3.05, 3.63) is 58.9 Å². The lowest BCUT2D eigenvalue weighted by Crippen LogP contribution is -2.13. The summed E-state index contributed by atoms with van der Waals surface area (Å²) in [7, 11) is 0. The van der Waals surface area contributed by atoms with Crippen LogP contribution < -0.4 is 10.6 Å². The van der Waals surface area contributed by atoms with E-state index in [0.29, 0.717) is 28.4 Å². The summed E-state index contributed by atoms with van der Waals surface area (Å²) >= 11 is 6.04. The summed E-state index contributed by atoms with van der Waals surface area (Å²) in [6, 6.07) is 9.94. The number of carbonyl (C=O) groups excluding carboxylic acids is 2. The fourth-order valence-corrected chi connectivity index (χ4v) is 1.91. The summed E-state index contributed by atoms with van der Waals surface area (Å²) in [6.07, 6.45) is 0.347. The molecular formula is C16H14ClFN2O2. The molecule has 2 amide bonds. The zero-order valence-corrected chi connectivity index (χ0v) is 12.6. The van der Waals surface area contributed by atoms with Crippen molar-refractivity contribution in [2.75, 3.05) is 10.6 Å². The van der Waals surface area contributed by atoms with Crippen LogP contribution in [0.2, 0.25) is 5.02 Å². The number of hydrogen-bond donors (Lipinski definition) is 2. The Kier molecular flexibility index (Phi) is 5.12. The van der Waals surface area contributed by atoms with Crippen molar-refractivity contribution in [2.24, 2.45) is 0 Å². The van der Waals surface area contributed by atoms with E-state index in [2.05, 4.69) is 10.6 Å². The van der Waals surface area contributed by atoms with Crippen molar-refractivity contribution >= 4 is 34.8 Å². The number of benzene rings is 2. The summed E-state index contributed by atoms with van der Waals surface area (Å²) in [5, 5.41) is 5.65. The first-order chi connectivity index (χ1) is 10.5. The lowest BCUT2D eigenvalue weighted by Gasteiger charge is -2.10. The molecule has 0 radical (unpaired) electrons. The summed E-state index contributed by atoms with van der Waals surface area (Å²) in [4.78, 5) is 23.5. The molecule has 0 aliphatic heterocycles. The van der Waals surface area contributed by atoms with Crippen molar-refractivity contribution in [3.8, 4) is 0 Å². The third kappa shape index (κ3) is 4.05. The molecule has 0 aromatic heterocycles. The second kappa shape index (κ2) is 7.04. The first-order valence-corrected chi connectivity index (χ1v) is 7.03. The minimum atomic E-state index is -0.418. The fraction of sp³-hybridized carbons (Fsp3) is 0.125. The molecule has 2 aromatic rings. The zero-order chi connectivity index (χ0) is 16.1. The molecule has 2 N–H and O–H groups in total. The van der Waals surface area contributed by atoms with Gasteiger partial charge in [0.1, 0.15) is 5.82 Å². The van der Waals surface area contributed by atoms with Crippen LogP contribution in [0.3, 0.4) is 0 Å². The molecule has 4 nitrogen and oxygen atoms in total. The molecule has 0 saturated carbocycles. The number of rotatable bonds is 4. The first kappa shape index (κ1) is 16.0. The van der Waals surface area contributed by atoms with Gasteiger partial charge >= 0.3 is 0 Å². The Hall–Kier alpha value is -2.40. The maximum absolute atomic E-state index is 12.9. The van der Waals surface area contributed by atoms with Gasteiger partial charge in [-0.25, -0.2) is 4.39 Å². The van der Waals surface area contributed by atoms with Crippen LogP contribution in [0.25, 0.3) is 0 Å². The Morgan fingerprint density at radius 2 is 1.77 bits per heavy atom. The normalized spacial score (nSPS) is 10.1. The molecule has 22 heavy (non-hydrogen) atoms. The van der Waals surface area contributed by atoms with Gasteiger partial charge in [-0.3, -0.25) is 9.59 Å². The van der Waals surface area contributed by atoms with Gasteiger partial charge in [0.05, 0.1) is 10.7 Å². The second-order valence-corrected chi connectivity index (χ2v) is 4.96. The highest BCUT2D eigenvalue weighted by molar-refractivity contribution is 6.34. The maximum Gasteiger partial charge on any atom is 0.255 e. The second-order valence-electron chi connectivity index (χ2n) is 4.56. The van der Waals surface area contributed by atoms with E-state index < -0.39 is 11.7 Å². The van der Waals surface area contributed by atoms with E-state index in [0.717, 1.165) is 0 Å². The molecule has 2 aromatic carbocycles. The molecular weight excluding hydrogens is 307 g/mol. The minimum Gasteiger partial charge on any atom is -0.326 e. The Labute approximate surface area is 132 Å². The number of hydrogen-bond acceptors (Lipinski definition) is 2. The largest absolute Gasteiger partial charge is 0.326 e. The van der Waals surface area contributed by atoms with Gasteiger partial charge in [0, 0.05) is 17.7 Å². The molecule has 0 aliphatic rings. The molecule has 114 valence electrons. The van der Waals surface area contributed by atoms with Gasteiger partial charge in [-0.2, -0.15) is 0 Å². The van der Waals surface area contributed by atoms with Gasteiger partial charge in [-0.1, -0.05) is 18.5 Å². The fourth-order valence-electron chi connectivity index (χ4n) is 1.74. The Morgan fingerprint density at radius 1 is 1.09 bits per heavy atom. The van der Waals surface area contributed by atoms with E-state index in [4.69, 9.17) is 11.6 Å². The number of carbonyl (C=O) groups is 2. The number of halogens is 2. The topological polar surface area (TPSA) is 58.2 Å². The first-order valence-electron chi connectivity index (χ1n) is 6.66. The number of nitrogens with one attached hydrogen (secondary N) is 2. The third-order valence-corrected chi connectivity index (χ3v) is 3.26. The van der Waals surface area contributed by atoms with Gasteiger partial charge in [-0.05, 0) is 42.5 Å². The van der Waals surface area contributed by atoms with Crippen LogP contribution in [-0.4, -0.2) is 11.8 Å². The van der Waals surface area contributed by atoms with Crippen molar-refractivity contribution in [1.29, 1.82) is 0 Å².